The lowest BCUT2D eigenvalue weighted by Crippen LogP contribution is -2.26. The van der Waals surface area contributed by atoms with Gasteiger partial charge in [0.05, 0.1) is 6.54 Å². The molecule has 6 aromatic rings. The third-order valence-electron chi connectivity index (χ3n) is 7.43. The molecule has 6 rings (SSSR count). The Morgan fingerprint density at radius 3 is 1.39 bits per heavy atom. The molecule has 0 fully saturated rings. The number of rotatable bonds is 12. The average molecular weight is 607 g/mol. The third-order valence-corrected chi connectivity index (χ3v) is 12.5. The molecule has 0 heterocycles. The first-order valence-electron chi connectivity index (χ1n) is 15.1. The van der Waals surface area contributed by atoms with Crippen LogP contribution in [0.4, 0.5) is 0 Å². The molecule has 0 spiro atoms. The van der Waals surface area contributed by atoms with E-state index in [4.69, 9.17) is 4.99 Å². The van der Waals surface area contributed by atoms with Crippen LogP contribution in [0.25, 0.3) is 0 Å². The summed E-state index contributed by atoms with van der Waals surface area (Å²) in [6, 6.07) is 61.1. The normalized spacial score (nSPS) is 11.4. The summed E-state index contributed by atoms with van der Waals surface area (Å²) < 4.78 is 0. The maximum Gasteiger partial charge on any atom is 0.0514 e. The van der Waals surface area contributed by atoms with Crippen LogP contribution in [0.1, 0.15) is 11.1 Å². The molecule has 0 atom stereocenters. The zero-order chi connectivity index (χ0) is 29.8. The fourth-order valence-electron chi connectivity index (χ4n) is 5.37. The molecule has 4 heteroatoms. The Morgan fingerprint density at radius 2 is 0.864 bits per heavy atom. The van der Waals surface area contributed by atoms with Gasteiger partial charge in [-0.25, -0.2) is 0 Å². The minimum Gasteiger partial charge on any atom is -0.311 e. The van der Waals surface area contributed by atoms with Gasteiger partial charge >= 0.3 is 0 Å². The first kappa shape index (κ1) is 29.9. The van der Waals surface area contributed by atoms with Crippen molar-refractivity contribution in [2.75, 3.05) is 13.1 Å². The molecular formula is C40H36N2P2. The fourth-order valence-corrected chi connectivity index (χ4v) is 10.3. The van der Waals surface area contributed by atoms with Crippen molar-refractivity contribution in [1.29, 1.82) is 0 Å². The number of aliphatic imine (C=N–C) groups is 1. The lowest BCUT2D eigenvalue weighted by molar-refractivity contribution is 0.698. The molecule has 0 unspecified atom stereocenters. The Hall–Kier alpha value is -4.19. The molecule has 2 nitrogen and oxygen atoms in total. The maximum absolute atomic E-state index is 4.88. The van der Waals surface area contributed by atoms with Gasteiger partial charge in [-0.1, -0.05) is 170 Å². The van der Waals surface area contributed by atoms with Crippen LogP contribution in [-0.2, 0) is 6.54 Å². The van der Waals surface area contributed by atoms with E-state index < -0.39 is 15.8 Å². The van der Waals surface area contributed by atoms with Crippen LogP contribution < -0.4 is 37.1 Å². The van der Waals surface area contributed by atoms with E-state index >= 15 is 0 Å². The fraction of sp³-hybridized carbons (Fsp3) is 0.0750. The zero-order valence-corrected chi connectivity index (χ0v) is 26.5. The van der Waals surface area contributed by atoms with Crippen molar-refractivity contribution in [2.45, 2.75) is 6.54 Å². The summed E-state index contributed by atoms with van der Waals surface area (Å²) in [4.78, 5) is 4.88. The van der Waals surface area contributed by atoms with Crippen molar-refractivity contribution in [1.82, 2.24) is 5.32 Å². The molecule has 0 aromatic heterocycles. The Bertz CT molecular complexity index is 1680. The van der Waals surface area contributed by atoms with Gasteiger partial charge in [-0.15, -0.1) is 0 Å². The van der Waals surface area contributed by atoms with E-state index in [1.807, 2.05) is 0 Å². The molecule has 0 amide bonds. The van der Waals surface area contributed by atoms with Crippen LogP contribution in [-0.4, -0.2) is 19.3 Å². The number of nitrogens with zero attached hydrogens (tertiary/aromatic N) is 1. The summed E-state index contributed by atoms with van der Waals surface area (Å²) in [5.74, 6) is 0. The van der Waals surface area contributed by atoms with Crippen LogP contribution in [0.5, 0.6) is 0 Å². The third kappa shape index (κ3) is 7.47. The first-order valence-corrected chi connectivity index (χ1v) is 17.7. The van der Waals surface area contributed by atoms with E-state index in [9.17, 15) is 0 Å². The average Bonchev–Trinajstić information content (AvgIpc) is 3.10. The summed E-state index contributed by atoms with van der Waals surface area (Å²) in [5.41, 5.74) is 2.53. The molecule has 0 saturated carbocycles. The van der Waals surface area contributed by atoms with Gasteiger partial charge in [0, 0.05) is 24.9 Å². The molecule has 0 saturated heterocycles. The van der Waals surface area contributed by atoms with Crippen molar-refractivity contribution in [3.63, 3.8) is 0 Å². The highest BCUT2D eigenvalue weighted by molar-refractivity contribution is 7.80. The first-order chi connectivity index (χ1) is 21.9. The molecule has 6 aromatic carbocycles. The van der Waals surface area contributed by atoms with Crippen LogP contribution in [0.15, 0.2) is 175 Å². The van der Waals surface area contributed by atoms with Crippen molar-refractivity contribution in [3.05, 3.63) is 181 Å². The summed E-state index contributed by atoms with van der Waals surface area (Å²) in [5, 5.41) is 11.9. The summed E-state index contributed by atoms with van der Waals surface area (Å²) >= 11 is 0. The SMILES string of the molecule is C(=NCCNCc1ccccc1P(c1ccccc1)c1ccccc1)c1ccccc1P(c1ccccc1)c1ccccc1. The smallest absolute Gasteiger partial charge is 0.0514 e. The standard InChI is InChI=1S/C40H36N2P2/c1-5-19-35(20-6-1)43(36-21-7-2-8-22-36)39-27-15-13-17-33(39)31-41-29-30-42-32-34-18-14-16-28-40(34)44(37-23-9-3-10-24-37)38-25-11-4-12-26-38/h1-28,31,42H,29-30,32H2. The Labute approximate surface area is 264 Å². The lowest BCUT2D eigenvalue weighted by Gasteiger charge is -2.22. The molecule has 0 aliphatic rings. The van der Waals surface area contributed by atoms with Gasteiger partial charge in [0.15, 0.2) is 0 Å². The van der Waals surface area contributed by atoms with Crippen molar-refractivity contribution in [3.8, 4) is 0 Å². The summed E-state index contributed by atoms with van der Waals surface area (Å²) in [6.45, 7) is 2.35. The molecule has 216 valence electrons. The number of hydrogen-bond acceptors (Lipinski definition) is 2. The van der Waals surface area contributed by atoms with Crippen molar-refractivity contribution >= 4 is 53.9 Å². The zero-order valence-electron chi connectivity index (χ0n) is 24.7. The highest BCUT2D eigenvalue weighted by Crippen LogP contribution is 2.35. The second-order valence-electron chi connectivity index (χ2n) is 10.4. The van der Waals surface area contributed by atoms with Crippen LogP contribution in [0.2, 0.25) is 0 Å². The van der Waals surface area contributed by atoms with Crippen LogP contribution in [0, 0.1) is 0 Å². The molecule has 1 N–H and O–H groups in total. The minimum atomic E-state index is -0.678. The second-order valence-corrected chi connectivity index (χ2v) is 14.8. The monoisotopic (exact) mass is 606 g/mol. The number of benzene rings is 6. The predicted molar refractivity (Wildman–Crippen MR) is 194 cm³/mol. The topological polar surface area (TPSA) is 24.4 Å². The van der Waals surface area contributed by atoms with E-state index in [0.717, 1.165) is 19.6 Å². The van der Waals surface area contributed by atoms with Gasteiger partial charge in [0.25, 0.3) is 0 Å². The summed E-state index contributed by atoms with van der Waals surface area (Å²) in [7, 11) is -1.32. The van der Waals surface area contributed by atoms with Gasteiger partial charge in [-0.3, -0.25) is 4.99 Å². The van der Waals surface area contributed by atoms with Crippen LogP contribution >= 0.6 is 15.8 Å². The van der Waals surface area contributed by atoms with E-state index in [0.29, 0.717) is 0 Å². The van der Waals surface area contributed by atoms with Gasteiger partial charge in [-0.05, 0) is 53.2 Å². The second kappa shape index (κ2) is 15.5. The van der Waals surface area contributed by atoms with Gasteiger partial charge in [0.1, 0.15) is 0 Å². The summed E-state index contributed by atoms with van der Waals surface area (Å²) in [6.07, 6.45) is 2.07. The molecule has 0 aliphatic carbocycles. The predicted octanol–water partition coefficient (Wildman–Crippen LogP) is 6.41. The van der Waals surface area contributed by atoms with Gasteiger partial charge < -0.3 is 5.32 Å². The number of hydrogen-bond donors (Lipinski definition) is 1. The Morgan fingerprint density at radius 1 is 0.455 bits per heavy atom. The Kier molecular flexibility index (Phi) is 10.5. The lowest BCUT2D eigenvalue weighted by atomic mass is 10.2. The number of nitrogens with one attached hydrogen (secondary N) is 1. The Balaban J connectivity index is 1.15. The van der Waals surface area contributed by atoms with Crippen molar-refractivity contribution in [2.24, 2.45) is 4.99 Å². The molecule has 44 heavy (non-hydrogen) atoms. The molecule has 0 aliphatic heterocycles. The quantitative estimate of drug-likeness (QED) is 0.0972. The van der Waals surface area contributed by atoms with Gasteiger partial charge in [0.2, 0.25) is 0 Å². The van der Waals surface area contributed by atoms with Crippen LogP contribution in [0.3, 0.4) is 0 Å². The maximum atomic E-state index is 4.88. The van der Waals surface area contributed by atoms with Gasteiger partial charge in [-0.2, -0.15) is 0 Å². The molecular weight excluding hydrogens is 570 g/mol. The highest BCUT2D eigenvalue weighted by Gasteiger charge is 2.20. The van der Waals surface area contributed by atoms with E-state index in [1.54, 1.807) is 0 Å². The minimum absolute atomic E-state index is 0.641. The highest BCUT2D eigenvalue weighted by atomic mass is 31.1. The largest absolute Gasteiger partial charge is 0.311 e. The van der Waals surface area contributed by atoms with E-state index in [-0.39, 0.29) is 0 Å². The molecule has 0 radical (unpaired) electrons. The van der Waals surface area contributed by atoms with E-state index in [1.165, 1.54) is 43.0 Å². The van der Waals surface area contributed by atoms with Crippen molar-refractivity contribution < 1.29 is 0 Å². The van der Waals surface area contributed by atoms with E-state index in [2.05, 4.69) is 181 Å². The molecule has 0 bridgehead atoms.